The van der Waals surface area contributed by atoms with Gasteiger partial charge < -0.3 is 20.3 Å². The minimum Gasteiger partial charge on any atom is -0.481 e. The predicted octanol–water partition coefficient (Wildman–Crippen LogP) is 0.236. The van der Waals surface area contributed by atoms with Gasteiger partial charge in [0.1, 0.15) is 0 Å². The van der Waals surface area contributed by atoms with Crippen LogP contribution in [-0.2, 0) is 9.53 Å². The molecule has 0 aliphatic heterocycles. The summed E-state index contributed by atoms with van der Waals surface area (Å²) in [5.41, 5.74) is 0. The van der Waals surface area contributed by atoms with Gasteiger partial charge in [-0.3, -0.25) is 4.79 Å². The van der Waals surface area contributed by atoms with Crippen molar-refractivity contribution in [2.45, 2.75) is 18.7 Å². The number of ether oxygens (including phenoxy) is 1. The van der Waals surface area contributed by atoms with E-state index >= 15 is 0 Å². The molecule has 3 N–H and O–H groups in total. The molecule has 0 aromatic heterocycles. The average Bonchev–Trinajstić information content (AvgIpc) is 2.14. The molecule has 0 spiro atoms. The van der Waals surface area contributed by atoms with Crippen LogP contribution in [0.2, 0.25) is 0 Å². The van der Waals surface area contributed by atoms with Crippen molar-refractivity contribution in [1.82, 2.24) is 5.32 Å². The molecule has 0 aromatic carbocycles. The van der Waals surface area contributed by atoms with Crippen LogP contribution in [0, 0.1) is 5.92 Å². The zero-order chi connectivity index (χ0) is 13.5. The maximum atomic E-state index is 12.2. The molecule has 8 heteroatoms. The summed E-state index contributed by atoms with van der Waals surface area (Å²) < 4.78 is 41.2. The van der Waals surface area contributed by atoms with Crippen molar-refractivity contribution in [3.8, 4) is 0 Å². The van der Waals surface area contributed by atoms with Gasteiger partial charge in [0, 0.05) is 13.7 Å². The number of hydrogen-bond acceptors (Lipinski definition) is 4. The minimum absolute atomic E-state index is 0.0866. The molecule has 0 heterocycles. The molecule has 102 valence electrons. The zero-order valence-electron chi connectivity index (χ0n) is 9.33. The van der Waals surface area contributed by atoms with Crippen molar-refractivity contribution in [2.75, 3.05) is 26.8 Å². The first-order chi connectivity index (χ1) is 7.79. The molecule has 0 rings (SSSR count). The minimum atomic E-state index is -4.77. The van der Waals surface area contributed by atoms with Gasteiger partial charge in [-0.2, -0.15) is 13.2 Å². The van der Waals surface area contributed by atoms with Crippen molar-refractivity contribution in [2.24, 2.45) is 5.92 Å². The second-order valence-electron chi connectivity index (χ2n) is 3.53. The second-order valence-corrected chi connectivity index (χ2v) is 3.53. The third-order valence-electron chi connectivity index (χ3n) is 2.06. The van der Waals surface area contributed by atoms with E-state index in [2.05, 4.69) is 10.1 Å². The third-order valence-corrected chi connectivity index (χ3v) is 2.06. The van der Waals surface area contributed by atoms with E-state index in [0.29, 0.717) is 0 Å². The van der Waals surface area contributed by atoms with Gasteiger partial charge >= 0.3 is 12.1 Å². The van der Waals surface area contributed by atoms with E-state index < -0.39 is 30.7 Å². The summed E-state index contributed by atoms with van der Waals surface area (Å²) in [7, 11) is 1.39. The van der Waals surface area contributed by atoms with Crippen LogP contribution < -0.4 is 5.32 Å². The molecule has 2 unspecified atom stereocenters. The molecular weight excluding hydrogens is 243 g/mol. The maximum Gasteiger partial charge on any atom is 0.403 e. The third kappa shape index (κ3) is 7.14. The largest absolute Gasteiger partial charge is 0.481 e. The quantitative estimate of drug-likeness (QED) is 0.544. The molecule has 0 radical (unpaired) electrons. The lowest BCUT2D eigenvalue weighted by atomic mass is 10.1. The Morgan fingerprint density at radius 2 is 2.06 bits per heavy atom. The van der Waals surface area contributed by atoms with Crippen molar-refractivity contribution < 1.29 is 32.9 Å². The van der Waals surface area contributed by atoms with Gasteiger partial charge in [0.2, 0.25) is 0 Å². The number of aliphatic hydroxyl groups is 1. The number of alkyl halides is 3. The highest BCUT2D eigenvalue weighted by molar-refractivity contribution is 5.71. The number of aliphatic hydroxyl groups excluding tert-OH is 1. The highest BCUT2D eigenvalue weighted by Gasteiger charge is 2.44. The molecule has 0 fully saturated rings. The van der Waals surface area contributed by atoms with Gasteiger partial charge in [-0.15, -0.1) is 0 Å². The van der Waals surface area contributed by atoms with Crippen LogP contribution in [0.4, 0.5) is 13.2 Å². The van der Waals surface area contributed by atoms with Gasteiger partial charge in [0.05, 0.1) is 12.7 Å². The molecule has 2 atom stereocenters. The smallest absolute Gasteiger partial charge is 0.403 e. The molecule has 17 heavy (non-hydrogen) atoms. The standard InChI is InChI=1S/C9H16F3NO4/c1-17-5-6(14)2-3-13-4-7(8(15)16)9(10,11)12/h6-7,13-14H,2-5H2,1H3,(H,15,16). The normalized spacial score (nSPS) is 15.6. The number of carboxylic acid groups (broad SMARTS) is 1. The first kappa shape index (κ1) is 16.1. The molecule has 0 saturated heterocycles. The lowest BCUT2D eigenvalue weighted by Gasteiger charge is -2.17. The molecule has 0 aliphatic carbocycles. The van der Waals surface area contributed by atoms with Gasteiger partial charge in [0.15, 0.2) is 5.92 Å². The Morgan fingerprint density at radius 3 is 2.47 bits per heavy atom. The monoisotopic (exact) mass is 259 g/mol. The highest BCUT2D eigenvalue weighted by atomic mass is 19.4. The first-order valence-electron chi connectivity index (χ1n) is 4.96. The Kier molecular flexibility index (Phi) is 7.09. The summed E-state index contributed by atoms with van der Waals surface area (Å²) in [5, 5.41) is 19.9. The van der Waals surface area contributed by atoms with Gasteiger partial charge in [-0.1, -0.05) is 0 Å². The van der Waals surface area contributed by atoms with Crippen LogP contribution in [0.5, 0.6) is 0 Å². The van der Waals surface area contributed by atoms with Crippen LogP contribution in [0.25, 0.3) is 0 Å². The van der Waals surface area contributed by atoms with E-state index in [0.717, 1.165) is 0 Å². The predicted molar refractivity (Wildman–Crippen MR) is 52.6 cm³/mol. The Labute approximate surface area is 96.6 Å². The summed E-state index contributed by atoms with van der Waals surface area (Å²) >= 11 is 0. The van der Waals surface area contributed by atoms with Gasteiger partial charge in [-0.25, -0.2) is 0 Å². The number of carbonyl (C=O) groups is 1. The van der Waals surface area contributed by atoms with E-state index in [1.54, 1.807) is 0 Å². The van der Waals surface area contributed by atoms with Crippen molar-refractivity contribution >= 4 is 5.97 Å². The molecule has 0 aromatic rings. The fraction of sp³-hybridized carbons (Fsp3) is 0.889. The van der Waals surface area contributed by atoms with Gasteiger partial charge in [-0.05, 0) is 13.0 Å². The van der Waals surface area contributed by atoms with Crippen molar-refractivity contribution in [1.29, 1.82) is 0 Å². The van der Waals surface area contributed by atoms with Crippen LogP contribution in [-0.4, -0.2) is 55.3 Å². The average molecular weight is 259 g/mol. The number of rotatable bonds is 8. The molecule has 5 nitrogen and oxygen atoms in total. The van der Waals surface area contributed by atoms with Crippen molar-refractivity contribution in [3.63, 3.8) is 0 Å². The summed E-state index contributed by atoms with van der Waals surface area (Å²) in [6.45, 7) is -0.535. The number of halogens is 3. The van der Waals surface area contributed by atoms with E-state index in [-0.39, 0.29) is 19.6 Å². The summed E-state index contributed by atoms with van der Waals surface area (Å²) in [6, 6.07) is 0. The first-order valence-corrected chi connectivity index (χ1v) is 4.96. The summed E-state index contributed by atoms with van der Waals surface area (Å²) in [6.07, 6.45) is -5.36. The van der Waals surface area contributed by atoms with Gasteiger partial charge in [0.25, 0.3) is 0 Å². The molecule has 0 aliphatic rings. The van der Waals surface area contributed by atoms with E-state index in [4.69, 9.17) is 5.11 Å². The van der Waals surface area contributed by atoms with Crippen molar-refractivity contribution in [3.05, 3.63) is 0 Å². The number of carboxylic acids is 1. The van der Waals surface area contributed by atoms with Crippen LogP contribution in [0.1, 0.15) is 6.42 Å². The summed E-state index contributed by atoms with van der Waals surface area (Å²) in [5.74, 6) is -4.34. The van der Waals surface area contributed by atoms with E-state index in [9.17, 15) is 23.1 Å². The molecule has 0 amide bonds. The maximum absolute atomic E-state index is 12.2. The van der Waals surface area contributed by atoms with E-state index in [1.807, 2.05) is 0 Å². The van der Waals surface area contributed by atoms with Crippen LogP contribution >= 0.6 is 0 Å². The number of hydrogen-bond donors (Lipinski definition) is 3. The summed E-state index contributed by atoms with van der Waals surface area (Å²) in [4.78, 5) is 10.3. The number of aliphatic carboxylic acids is 1. The number of nitrogens with one attached hydrogen (secondary N) is 1. The van der Waals surface area contributed by atoms with Crippen LogP contribution in [0.3, 0.4) is 0 Å². The fourth-order valence-corrected chi connectivity index (χ4v) is 1.13. The Morgan fingerprint density at radius 1 is 1.47 bits per heavy atom. The lowest BCUT2D eigenvalue weighted by Crippen LogP contribution is -2.39. The Hall–Kier alpha value is -0.860. The van der Waals surface area contributed by atoms with Crippen LogP contribution in [0.15, 0.2) is 0 Å². The molecular formula is C9H16F3NO4. The molecule has 0 bridgehead atoms. The fourth-order valence-electron chi connectivity index (χ4n) is 1.13. The lowest BCUT2D eigenvalue weighted by molar-refractivity contribution is -0.192. The number of methoxy groups -OCH3 is 1. The Bertz CT molecular complexity index is 235. The second kappa shape index (κ2) is 7.46. The highest BCUT2D eigenvalue weighted by Crippen LogP contribution is 2.25. The Balaban J connectivity index is 3.89. The molecule has 0 saturated carbocycles. The SMILES string of the molecule is COCC(O)CCNCC(C(=O)O)C(F)(F)F. The van der Waals surface area contributed by atoms with E-state index in [1.165, 1.54) is 7.11 Å². The topological polar surface area (TPSA) is 78.8 Å². The zero-order valence-corrected chi connectivity index (χ0v) is 9.33.